The lowest BCUT2D eigenvalue weighted by molar-refractivity contribution is -0.00671. The van der Waals surface area contributed by atoms with E-state index in [0.29, 0.717) is 62.5 Å². The van der Waals surface area contributed by atoms with E-state index >= 15 is 0 Å². The van der Waals surface area contributed by atoms with Gasteiger partial charge in [0.15, 0.2) is 23.0 Å². The van der Waals surface area contributed by atoms with Crippen LogP contribution in [0.4, 0.5) is 0 Å². The van der Waals surface area contributed by atoms with E-state index in [4.69, 9.17) is 33.7 Å². The van der Waals surface area contributed by atoms with Gasteiger partial charge in [0.1, 0.15) is 32.5 Å². The Morgan fingerprint density at radius 2 is 1.24 bits per heavy atom. The highest BCUT2D eigenvalue weighted by atomic mass is 16.6. The Kier molecular flexibility index (Phi) is 8.45. The number of para-hydroxylation sites is 4. The van der Waals surface area contributed by atoms with E-state index in [2.05, 4.69) is 6.07 Å². The molecule has 0 atom stereocenters. The van der Waals surface area contributed by atoms with E-state index in [-0.39, 0.29) is 19.3 Å². The van der Waals surface area contributed by atoms with E-state index < -0.39 is 0 Å². The van der Waals surface area contributed by atoms with Crippen LogP contribution in [0.2, 0.25) is 0 Å². The summed E-state index contributed by atoms with van der Waals surface area (Å²) in [6.07, 6.45) is -0.0590. The van der Waals surface area contributed by atoms with Gasteiger partial charge in [0.2, 0.25) is 0 Å². The van der Waals surface area contributed by atoms with E-state index in [0.717, 1.165) is 0 Å². The first-order chi connectivity index (χ1) is 14.4. The number of fused-ring (bicyclic) bond motifs is 2. The van der Waals surface area contributed by atoms with Crippen LogP contribution in [0, 0.1) is 11.3 Å². The monoisotopic (exact) mass is 399 g/mol. The van der Waals surface area contributed by atoms with Crippen molar-refractivity contribution >= 4 is 0 Å². The van der Waals surface area contributed by atoms with Gasteiger partial charge in [-0.15, -0.1) is 0 Å². The second kappa shape index (κ2) is 11.8. The Balaban J connectivity index is 1.72. The number of nitriles is 1. The second-order valence-corrected chi connectivity index (χ2v) is 6.23. The molecule has 154 valence electrons. The maximum absolute atomic E-state index is 8.78. The molecular formula is C22H25NO6. The molecule has 0 bridgehead atoms. The highest BCUT2D eigenvalue weighted by molar-refractivity contribution is 5.40. The molecule has 0 saturated carbocycles. The number of hydrogen-bond acceptors (Lipinski definition) is 7. The van der Waals surface area contributed by atoms with Crippen molar-refractivity contribution in [1.29, 1.82) is 5.26 Å². The lowest BCUT2D eigenvalue weighted by atomic mass is 10.3. The topological polar surface area (TPSA) is 79.2 Å². The molecule has 0 N–H and O–H groups in total. The standard InChI is InChI=1S/C22H25NO6/c23-10-5-11-25-18-16-28-21-8-3-1-6-19(21)26-14-12-24-13-15-27-20-7-2-4-9-22(20)29-17-18/h1-4,6-9,18H,5,11-17H2. The van der Waals surface area contributed by atoms with Crippen molar-refractivity contribution in [2.75, 3.05) is 46.2 Å². The van der Waals surface area contributed by atoms with E-state index in [1.165, 1.54) is 0 Å². The Morgan fingerprint density at radius 3 is 1.72 bits per heavy atom. The predicted octanol–water partition coefficient (Wildman–Crippen LogP) is 3.23. The summed E-state index contributed by atoms with van der Waals surface area (Å²) < 4.78 is 34.8. The third kappa shape index (κ3) is 6.86. The van der Waals surface area contributed by atoms with Crippen LogP contribution in [0.1, 0.15) is 6.42 Å². The molecule has 3 rings (SSSR count). The molecule has 1 heterocycles. The van der Waals surface area contributed by atoms with Crippen LogP contribution in [0.3, 0.4) is 0 Å². The van der Waals surface area contributed by atoms with Gasteiger partial charge in [-0.1, -0.05) is 24.3 Å². The van der Waals surface area contributed by atoms with Crippen molar-refractivity contribution in [3.8, 4) is 29.1 Å². The first kappa shape index (κ1) is 20.8. The van der Waals surface area contributed by atoms with Crippen molar-refractivity contribution in [1.82, 2.24) is 0 Å². The molecule has 7 nitrogen and oxygen atoms in total. The highest BCUT2D eigenvalue weighted by Crippen LogP contribution is 2.28. The van der Waals surface area contributed by atoms with Crippen molar-refractivity contribution in [2.45, 2.75) is 12.5 Å². The summed E-state index contributed by atoms with van der Waals surface area (Å²) in [4.78, 5) is 0. The minimum absolute atomic E-state index is 0.255. The average molecular weight is 399 g/mol. The number of nitrogens with zero attached hydrogens (tertiary/aromatic N) is 1. The molecule has 0 amide bonds. The third-order valence-corrected chi connectivity index (χ3v) is 4.09. The number of benzene rings is 2. The summed E-state index contributed by atoms with van der Waals surface area (Å²) >= 11 is 0. The summed E-state index contributed by atoms with van der Waals surface area (Å²) in [7, 11) is 0. The molecule has 0 aromatic heterocycles. The van der Waals surface area contributed by atoms with Crippen LogP contribution < -0.4 is 18.9 Å². The molecule has 0 aliphatic carbocycles. The fourth-order valence-corrected chi connectivity index (χ4v) is 2.68. The molecule has 0 saturated heterocycles. The molecule has 2 aromatic rings. The van der Waals surface area contributed by atoms with Crippen molar-refractivity contribution < 1.29 is 28.4 Å². The van der Waals surface area contributed by atoms with Crippen molar-refractivity contribution in [3.63, 3.8) is 0 Å². The Hall–Kier alpha value is -2.95. The van der Waals surface area contributed by atoms with E-state index in [9.17, 15) is 0 Å². The van der Waals surface area contributed by atoms with Crippen LogP contribution in [0.5, 0.6) is 23.0 Å². The third-order valence-electron chi connectivity index (χ3n) is 4.09. The zero-order chi connectivity index (χ0) is 20.2. The molecule has 0 unspecified atom stereocenters. The summed E-state index contributed by atoms with van der Waals surface area (Å²) in [5, 5.41) is 8.78. The van der Waals surface area contributed by atoms with Gasteiger partial charge in [-0.2, -0.15) is 5.26 Å². The SMILES string of the molecule is N#CCCOC1COc2ccccc2OCCOCCOc2ccccc2OC1. The summed E-state index contributed by atoms with van der Waals surface area (Å²) in [5.41, 5.74) is 0. The maximum atomic E-state index is 8.78. The van der Waals surface area contributed by atoms with Gasteiger partial charge in [-0.3, -0.25) is 0 Å². The molecule has 0 radical (unpaired) electrons. The summed E-state index contributed by atoms with van der Waals surface area (Å²) in [5.74, 6) is 2.53. The van der Waals surface area contributed by atoms with Crippen molar-refractivity contribution in [2.24, 2.45) is 0 Å². The zero-order valence-electron chi connectivity index (χ0n) is 16.2. The van der Waals surface area contributed by atoms with Crippen molar-refractivity contribution in [3.05, 3.63) is 48.5 Å². The fraction of sp³-hybridized carbons (Fsp3) is 0.409. The number of hydrogen-bond donors (Lipinski definition) is 0. The van der Waals surface area contributed by atoms with Gasteiger partial charge in [-0.25, -0.2) is 0 Å². The largest absolute Gasteiger partial charge is 0.487 e. The highest BCUT2D eigenvalue weighted by Gasteiger charge is 2.15. The molecule has 7 heteroatoms. The van der Waals surface area contributed by atoms with E-state index in [1.807, 2.05) is 48.5 Å². The van der Waals surface area contributed by atoms with Gasteiger partial charge in [-0.05, 0) is 24.3 Å². The normalized spacial score (nSPS) is 16.0. The minimum atomic E-state index is -0.360. The lowest BCUT2D eigenvalue weighted by Crippen LogP contribution is -2.29. The number of rotatable bonds is 3. The van der Waals surface area contributed by atoms with Gasteiger partial charge in [0.25, 0.3) is 0 Å². The maximum Gasteiger partial charge on any atom is 0.161 e. The lowest BCUT2D eigenvalue weighted by Gasteiger charge is -2.21. The molecule has 2 aromatic carbocycles. The van der Waals surface area contributed by atoms with Gasteiger partial charge < -0.3 is 28.4 Å². The Bertz CT molecular complexity index is 735. The summed E-state index contributed by atoms with van der Waals surface area (Å²) in [6, 6.07) is 17.0. The van der Waals surface area contributed by atoms with Gasteiger partial charge in [0.05, 0.1) is 32.3 Å². The smallest absolute Gasteiger partial charge is 0.161 e. The molecular weight excluding hydrogens is 374 g/mol. The van der Waals surface area contributed by atoms with Crippen LogP contribution >= 0.6 is 0 Å². The van der Waals surface area contributed by atoms with Crippen LogP contribution in [0.15, 0.2) is 48.5 Å². The molecule has 0 fully saturated rings. The van der Waals surface area contributed by atoms with E-state index in [1.54, 1.807) is 0 Å². The van der Waals surface area contributed by atoms with Gasteiger partial charge in [0, 0.05) is 0 Å². The van der Waals surface area contributed by atoms with Gasteiger partial charge >= 0.3 is 0 Å². The first-order valence-electron chi connectivity index (χ1n) is 9.62. The van der Waals surface area contributed by atoms with Crippen LogP contribution in [0.25, 0.3) is 0 Å². The number of ether oxygens (including phenoxy) is 6. The molecule has 1 aliphatic heterocycles. The average Bonchev–Trinajstić information content (AvgIpc) is 2.75. The predicted molar refractivity (Wildman–Crippen MR) is 106 cm³/mol. The second-order valence-electron chi connectivity index (χ2n) is 6.23. The zero-order valence-corrected chi connectivity index (χ0v) is 16.2. The fourth-order valence-electron chi connectivity index (χ4n) is 2.68. The molecule has 29 heavy (non-hydrogen) atoms. The molecule has 1 aliphatic rings. The quantitative estimate of drug-likeness (QED) is 0.733. The summed E-state index contributed by atoms with van der Waals surface area (Å²) in [6.45, 7) is 2.51. The Morgan fingerprint density at radius 1 is 0.759 bits per heavy atom. The van der Waals surface area contributed by atoms with Crippen LogP contribution in [-0.4, -0.2) is 52.4 Å². The van der Waals surface area contributed by atoms with Crippen LogP contribution in [-0.2, 0) is 9.47 Å². The minimum Gasteiger partial charge on any atom is -0.487 e. The first-order valence-corrected chi connectivity index (χ1v) is 9.62. The molecule has 0 spiro atoms. The Labute approximate surface area is 170 Å².